The van der Waals surface area contributed by atoms with E-state index in [1.54, 1.807) is 18.2 Å². The van der Waals surface area contributed by atoms with Gasteiger partial charge in [0.15, 0.2) is 0 Å². The van der Waals surface area contributed by atoms with E-state index >= 15 is 0 Å². The van der Waals surface area contributed by atoms with Crippen LogP contribution in [0.15, 0.2) is 55.1 Å². The number of ether oxygens (including phenoxy) is 2. The van der Waals surface area contributed by atoms with Gasteiger partial charge in [-0.15, -0.1) is 6.58 Å². The lowest BCUT2D eigenvalue weighted by Crippen LogP contribution is -2.50. The minimum Gasteiger partial charge on any atom is -0.487 e. The first-order valence-corrected chi connectivity index (χ1v) is 13.1. The number of hydrogen-bond acceptors (Lipinski definition) is 5. The van der Waals surface area contributed by atoms with E-state index in [0.29, 0.717) is 25.0 Å². The minimum absolute atomic E-state index is 0.150. The van der Waals surface area contributed by atoms with Gasteiger partial charge in [0.2, 0.25) is 0 Å². The van der Waals surface area contributed by atoms with Gasteiger partial charge >= 0.3 is 0 Å². The molecule has 194 valence electrons. The van der Waals surface area contributed by atoms with Gasteiger partial charge in [-0.1, -0.05) is 44.4 Å². The van der Waals surface area contributed by atoms with Crippen molar-refractivity contribution in [1.82, 2.24) is 9.80 Å². The molecule has 1 aliphatic heterocycles. The average Bonchev–Trinajstić information content (AvgIpc) is 2.89. The fourth-order valence-corrected chi connectivity index (χ4v) is 4.83. The van der Waals surface area contributed by atoms with Crippen molar-refractivity contribution in [2.45, 2.75) is 51.7 Å². The Morgan fingerprint density at radius 3 is 2.50 bits per heavy atom. The molecule has 2 aromatic rings. The molecule has 6 heteroatoms. The third-order valence-corrected chi connectivity index (χ3v) is 6.80. The summed E-state index contributed by atoms with van der Waals surface area (Å²) in [5, 5.41) is 9.34. The molecule has 0 aliphatic carbocycles. The van der Waals surface area contributed by atoms with E-state index in [1.165, 1.54) is 37.0 Å². The molecule has 2 atom stereocenters. The number of nitriles is 1. The van der Waals surface area contributed by atoms with Crippen molar-refractivity contribution in [1.29, 1.82) is 5.26 Å². The Hall–Kier alpha value is -2.72. The van der Waals surface area contributed by atoms with Crippen molar-refractivity contribution in [2.75, 3.05) is 45.9 Å². The summed E-state index contributed by atoms with van der Waals surface area (Å²) in [4.78, 5) is 5.02. The number of rotatable bonds is 14. The number of halogens is 1. The van der Waals surface area contributed by atoms with Crippen LogP contribution in [-0.2, 0) is 4.74 Å². The van der Waals surface area contributed by atoms with E-state index in [9.17, 15) is 9.65 Å². The molecule has 2 aromatic carbocycles. The smallest absolute Gasteiger partial charge is 0.135 e. The maximum absolute atomic E-state index is 13.3. The highest BCUT2D eigenvalue weighted by molar-refractivity contribution is 5.40. The number of piperazine rings is 1. The zero-order valence-electron chi connectivity index (χ0n) is 21.8. The number of aryl methyl sites for hydroxylation is 1. The highest BCUT2D eigenvalue weighted by Gasteiger charge is 2.27. The van der Waals surface area contributed by atoms with Crippen LogP contribution in [0.25, 0.3) is 0 Å². The Labute approximate surface area is 216 Å². The van der Waals surface area contributed by atoms with Gasteiger partial charge in [0.05, 0.1) is 24.8 Å². The molecule has 3 rings (SSSR count). The van der Waals surface area contributed by atoms with Gasteiger partial charge in [0.1, 0.15) is 17.7 Å². The van der Waals surface area contributed by atoms with Crippen LogP contribution >= 0.6 is 0 Å². The third-order valence-electron chi connectivity index (χ3n) is 6.80. The van der Waals surface area contributed by atoms with Crippen molar-refractivity contribution < 1.29 is 13.9 Å². The number of unbranched alkanes of at least 4 members (excludes halogenated alkanes) is 2. The molecule has 1 aliphatic rings. The molecule has 1 saturated heterocycles. The summed E-state index contributed by atoms with van der Waals surface area (Å²) in [5.74, 6) is 0.373. The van der Waals surface area contributed by atoms with E-state index in [2.05, 4.69) is 41.5 Å². The monoisotopic (exact) mass is 493 g/mol. The van der Waals surface area contributed by atoms with Gasteiger partial charge in [-0.25, -0.2) is 4.39 Å². The molecule has 1 heterocycles. The van der Waals surface area contributed by atoms with Crippen molar-refractivity contribution in [2.24, 2.45) is 0 Å². The van der Waals surface area contributed by atoms with Gasteiger partial charge in [0, 0.05) is 38.8 Å². The lowest BCUT2D eigenvalue weighted by Gasteiger charge is -2.40. The molecule has 0 spiro atoms. The molecular formula is C30H40FN3O2. The second-order valence-corrected chi connectivity index (χ2v) is 9.55. The summed E-state index contributed by atoms with van der Waals surface area (Å²) in [5.41, 5.74) is 3.11. The van der Waals surface area contributed by atoms with Crippen LogP contribution in [0.1, 0.15) is 55.3 Å². The van der Waals surface area contributed by atoms with E-state index < -0.39 is 0 Å². The molecule has 1 fully saturated rings. The molecule has 0 aromatic heterocycles. The third kappa shape index (κ3) is 8.44. The average molecular weight is 494 g/mol. The maximum atomic E-state index is 13.3. The van der Waals surface area contributed by atoms with E-state index in [-0.39, 0.29) is 11.9 Å². The Kier molecular flexibility index (Phi) is 11.4. The molecular weight excluding hydrogens is 453 g/mol. The quantitative estimate of drug-likeness (QED) is 0.242. The summed E-state index contributed by atoms with van der Waals surface area (Å²) in [6, 6.07) is 15.1. The topological polar surface area (TPSA) is 48.7 Å². The standard InChI is InChI=1S/C30H40FN3O2/c1-4-6-7-8-30(25-9-10-26(21-32)24(3)20-25)34-17-15-33(16-18-34)22-29(23-35-19-5-2)36-28-13-11-27(31)12-14-28/h5,9-14,20,29-30H,2,4,6-8,15-19,22-23H2,1,3H3. The van der Waals surface area contributed by atoms with Crippen LogP contribution in [0.4, 0.5) is 4.39 Å². The van der Waals surface area contributed by atoms with Gasteiger partial charge in [0.25, 0.3) is 0 Å². The summed E-state index contributed by atoms with van der Waals surface area (Å²) < 4.78 is 25.2. The summed E-state index contributed by atoms with van der Waals surface area (Å²) in [7, 11) is 0. The Morgan fingerprint density at radius 2 is 1.86 bits per heavy atom. The first kappa shape index (κ1) is 27.9. The van der Waals surface area contributed by atoms with Crippen LogP contribution in [0, 0.1) is 24.1 Å². The molecule has 0 amide bonds. The molecule has 36 heavy (non-hydrogen) atoms. The van der Waals surface area contributed by atoms with Gasteiger partial charge in [-0.05, 0) is 54.8 Å². The lowest BCUT2D eigenvalue weighted by atomic mass is 9.95. The Balaban J connectivity index is 1.62. The summed E-state index contributed by atoms with van der Waals surface area (Å²) >= 11 is 0. The molecule has 0 radical (unpaired) electrons. The zero-order chi connectivity index (χ0) is 25.8. The predicted octanol–water partition coefficient (Wildman–Crippen LogP) is 5.90. The molecule has 0 bridgehead atoms. The maximum Gasteiger partial charge on any atom is 0.135 e. The zero-order valence-corrected chi connectivity index (χ0v) is 21.8. The fraction of sp³-hybridized carbons (Fsp3) is 0.500. The van der Waals surface area contributed by atoms with Crippen LogP contribution in [0.3, 0.4) is 0 Å². The van der Waals surface area contributed by atoms with Crippen LogP contribution in [-0.4, -0.2) is 61.8 Å². The number of nitrogens with zero attached hydrogens (tertiary/aromatic N) is 3. The van der Waals surface area contributed by atoms with Gasteiger partial charge in [-0.3, -0.25) is 9.80 Å². The number of hydrogen-bond donors (Lipinski definition) is 0. The highest BCUT2D eigenvalue weighted by Crippen LogP contribution is 2.29. The SMILES string of the molecule is C=CCOCC(CN1CCN(C(CCCCC)c2ccc(C#N)c(C)c2)CC1)Oc1ccc(F)cc1. The molecule has 0 saturated carbocycles. The minimum atomic E-state index is -0.274. The summed E-state index contributed by atoms with van der Waals surface area (Å²) in [6.45, 7) is 13.5. The largest absolute Gasteiger partial charge is 0.487 e. The van der Waals surface area contributed by atoms with E-state index in [1.807, 2.05) is 13.0 Å². The molecule has 5 nitrogen and oxygen atoms in total. The van der Waals surface area contributed by atoms with Crippen LogP contribution < -0.4 is 4.74 Å². The molecule has 0 N–H and O–H groups in total. The number of benzene rings is 2. The van der Waals surface area contributed by atoms with Crippen molar-refractivity contribution >= 4 is 0 Å². The fourth-order valence-electron chi connectivity index (χ4n) is 4.83. The Morgan fingerprint density at radius 1 is 1.11 bits per heavy atom. The van der Waals surface area contributed by atoms with Gasteiger partial charge in [-0.2, -0.15) is 5.26 Å². The van der Waals surface area contributed by atoms with Crippen molar-refractivity contribution in [3.05, 3.63) is 77.6 Å². The highest BCUT2D eigenvalue weighted by atomic mass is 19.1. The van der Waals surface area contributed by atoms with Crippen molar-refractivity contribution in [3.63, 3.8) is 0 Å². The van der Waals surface area contributed by atoms with Crippen LogP contribution in [0.5, 0.6) is 5.75 Å². The van der Waals surface area contributed by atoms with E-state index in [4.69, 9.17) is 9.47 Å². The predicted molar refractivity (Wildman–Crippen MR) is 143 cm³/mol. The Bertz CT molecular complexity index is 981. The second-order valence-electron chi connectivity index (χ2n) is 9.55. The van der Waals surface area contributed by atoms with Crippen molar-refractivity contribution in [3.8, 4) is 11.8 Å². The van der Waals surface area contributed by atoms with Crippen LogP contribution in [0.2, 0.25) is 0 Å². The summed E-state index contributed by atoms with van der Waals surface area (Å²) in [6.07, 6.45) is 6.36. The molecule has 2 unspecified atom stereocenters. The normalized spacial score (nSPS) is 16.3. The van der Waals surface area contributed by atoms with Gasteiger partial charge < -0.3 is 9.47 Å². The second kappa shape index (κ2) is 14.7. The first-order chi connectivity index (χ1) is 17.5. The van der Waals surface area contributed by atoms with E-state index in [0.717, 1.165) is 50.3 Å². The first-order valence-electron chi connectivity index (χ1n) is 13.1. The lowest BCUT2D eigenvalue weighted by molar-refractivity contribution is 0.0208.